The molecule has 1 saturated carbocycles. The van der Waals surface area contributed by atoms with Crippen molar-refractivity contribution in [3.05, 3.63) is 18.2 Å². The van der Waals surface area contributed by atoms with Gasteiger partial charge in [-0.05, 0) is 24.5 Å². The van der Waals surface area contributed by atoms with E-state index in [1.807, 2.05) is 0 Å². The fraction of sp³-hybridized carbons (Fsp3) is 0.611. The highest BCUT2D eigenvalue weighted by Gasteiger charge is 2.27. The molecule has 1 unspecified atom stereocenters. The number of aliphatic hydroxyl groups excluding tert-OH is 1. The smallest absolute Gasteiger partial charge is 0.254 e. The third kappa shape index (κ3) is 5.76. The number of amides is 1. The van der Waals surface area contributed by atoms with Gasteiger partial charge < -0.3 is 25.6 Å². The summed E-state index contributed by atoms with van der Waals surface area (Å²) in [4.78, 5) is 12.3. The maximum Gasteiger partial charge on any atom is 0.254 e. The number of para-hydroxylation sites is 1. The lowest BCUT2D eigenvalue weighted by Crippen LogP contribution is -2.44. The van der Waals surface area contributed by atoms with E-state index in [0.29, 0.717) is 29.5 Å². The van der Waals surface area contributed by atoms with Crippen molar-refractivity contribution in [3.63, 3.8) is 0 Å². The Hall–Kier alpha value is -1.50. The second kappa shape index (κ2) is 10.5. The Kier molecular flexibility index (Phi) is 9.03. The number of rotatable bonds is 7. The van der Waals surface area contributed by atoms with Crippen molar-refractivity contribution in [3.8, 4) is 11.5 Å². The van der Waals surface area contributed by atoms with Gasteiger partial charge in [-0.15, -0.1) is 12.4 Å². The highest BCUT2D eigenvalue weighted by molar-refractivity contribution is 5.96. The summed E-state index contributed by atoms with van der Waals surface area (Å²) in [5.74, 6) is 0.908. The van der Waals surface area contributed by atoms with Gasteiger partial charge in [0.1, 0.15) is 6.10 Å². The summed E-state index contributed by atoms with van der Waals surface area (Å²) in [6.45, 7) is 0. The number of ether oxygens (including phenoxy) is 2. The van der Waals surface area contributed by atoms with Crippen LogP contribution in [0.25, 0.3) is 0 Å². The first kappa shape index (κ1) is 21.5. The third-order valence-electron chi connectivity index (χ3n) is 4.67. The molecule has 0 saturated heterocycles. The first-order valence-electron chi connectivity index (χ1n) is 8.52. The Labute approximate surface area is 155 Å². The van der Waals surface area contributed by atoms with E-state index in [2.05, 4.69) is 5.32 Å². The van der Waals surface area contributed by atoms with Crippen molar-refractivity contribution in [2.45, 2.75) is 50.7 Å². The predicted molar refractivity (Wildman–Crippen MR) is 101 cm³/mol. The molecule has 0 aliphatic heterocycles. The van der Waals surface area contributed by atoms with Gasteiger partial charge in [-0.25, -0.2) is 0 Å². The molecular weight excluding hydrogens is 344 g/mol. The lowest BCUT2D eigenvalue weighted by molar-refractivity contribution is -0.125. The average molecular weight is 373 g/mol. The second-order valence-electron chi connectivity index (χ2n) is 6.38. The van der Waals surface area contributed by atoms with Crippen LogP contribution in [0.3, 0.4) is 0 Å². The minimum absolute atomic E-state index is 0. The van der Waals surface area contributed by atoms with E-state index in [-0.39, 0.29) is 12.4 Å². The van der Waals surface area contributed by atoms with Crippen LogP contribution in [-0.4, -0.2) is 37.4 Å². The molecule has 1 aliphatic rings. The molecule has 6 nitrogen and oxygen atoms in total. The van der Waals surface area contributed by atoms with Crippen LogP contribution in [0.4, 0.5) is 5.69 Å². The molecule has 1 aromatic rings. The molecule has 0 aromatic heterocycles. The van der Waals surface area contributed by atoms with Gasteiger partial charge >= 0.3 is 0 Å². The van der Waals surface area contributed by atoms with E-state index in [1.54, 1.807) is 18.2 Å². The minimum atomic E-state index is -1.25. The van der Waals surface area contributed by atoms with Gasteiger partial charge in [-0.3, -0.25) is 4.79 Å². The van der Waals surface area contributed by atoms with Gasteiger partial charge in [0.15, 0.2) is 11.5 Å². The fourth-order valence-corrected chi connectivity index (χ4v) is 3.32. The fourth-order valence-electron chi connectivity index (χ4n) is 3.32. The molecular formula is C18H29ClN2O4. The normalized spacial score (nSPS) is 17.1. The number of benzene rings is 1. The van der Waals surface area contributed by atoms with Crippen LogP contribution < -0.4 is 20.5 Å². The number of nitrogens with one attached hydrogen (secondary N) is 1. The third-order valence-corrected chi connectivity index (χ3v) is 4.67. The van der Waals surface area contributed by atoms with Crippen LogP contribution in [0.5, 0.6) is 11.5 Å². The summed E-state index contributed by atoms with van der Waals surface area (Å²) in [6, 6.07) is 4.61. The standard InChI is InChI=1S/C18H28N2O4.ClH/c1-23-15-10-6-9-14(17(15)24-2)20-18(22)16(21)13(19)11-12-7-4-3-5-8-12;/h6,9-10,12-13,16,21H,3-5,7-8,11,19H2,1-2H3,(H,20,22);1H/t13-,16?;/m1./s1. The van der Waals surface area contributed by atoms with E-state index in [9.17, 15) is 9.90 Å². The van der Waals surface area contributed by atoms with Crippen molar-refractivity contribution in [1.29, 1.82) is 0 Å². The molecule has 1 aliphatic carbocycles. The Balaban J connectivity index is 0.00000312. The molecule has 7 heteroatoms. The summed E-state index contributed by atoms with van der Waals surface area (Å²) in [5, 5.41) is 12.9. The van der Waals surface area contributed by atoms with Crippen LogP contribution in [0.15, 0.2) is 18.2 Å². The van der Waals surface area contributed by atoms with Gasteiger partial charge in [0.05, 0.1) is 19.9 Å². The van der Waals surface area contributed by atoms with Gasteiger partial charge in [-0.2, -0.15) is 0 Å². The minimum Gasteiger partial charge on any atom is -0.493 e. The summed E-state index contributed by atoms with van der Waals surface area (Å²) in [7, 11) is 3.02. The van der Waals surface area contributed by atoms with Crippen LogP contribution in [-0.2, 0) is 4.79 Å². The van der Waals surface area contributed by atoms with E-state index in [0.717, 1.165) is 12.8 Å². The molecule has 2 atom stereocenters. The first-order valence-corrected chi connectivity index (χ1v) is 8.52. The maximum absolute atomic E-state index is 12.3. The highest BCUT2D eigenvalue weighted by Crippen LogP contribution is 2.35. The van der Waals surface area contributed by atoms with E-state index in [1.165, 1.54) is 33.5 Å². The molecule has 0 bridgehead atoms. The first-order chi connectivity index (χ1) is 11.6. The molecule has 1 amide bonds. The van der Waals surface area contributed by atoms with Crippen LogP contribution in [0.1, 0.15) is 38.5 Å². The summed E-state index contributed by atoms with van der Waals surface area (Å²) in [5.41, 5.74) is 6.51. The number of carbonyl (C=O) groups excluding carboxylic acids is 1. The van der Waals surface area contributed by atoms with E-state index in [4.69, 9.17) is 15.2 Å². The zero-order valence-corrected chi connectivity index (χ0v) is 15.7. The van der Waals surface area contributed by atoms with Crippen LogP contribution in [0, 0.1) is 5.92 Å². The van der Waals surface area contributed by atoms with Gasteiger partial charge in [-0.1, -0.05) is 38.2 Å². The molecule has 142 valence electrons. The number of nitrogens with two attached hydrogens (primary N) is 1. The van der Waals surface area contributed by atoms with Gasteiger partial charge in [0, 0.05) is 6.04 Å². The second-order valence-corrected chi connectivity index (χ2v) is 6.38. The van der Waals surface area contributed by atoms with Crippen LogP contribution in [0.2, 0.25) is 0 Å². The number of methoxy groups -OCH3 is 2. The monoisotopic (exact) mass is 372 g/mol. The molecule has 1 fully saturated rings. The number of hydrogen-bond donors (Lipinski definition) is 3. The molecule has 0 radical (unpaired) electrons. The summed E-state index contributed by atoms with van der Waals surface area (Å²) < 4.78 is 10.5. The number of aliphatic hydroxyl groups is 1. The molecule has 2 rings (SSSR count). The molecule has 0 heterocycles. The lowest BCUT2D eigenvalue weighted by Gasteiger charge is -2.26. The average Bonchev–Trinajstić information content (AvgIpc) is 2.61. The molecule has 0 spiro atoms. The quantitative estimate of drug-likeness (QED) is 0.684. The Morgan fingerprint density at radius 3 is 2.56 bits per heavy atom. The Morgan fingerprint density at radius 2 is 1.96 bits per heavy atom. The summed E-state index contributed by atoms with van der Waals surface area (Å²) >= 11 is 0. The van der Waals surface area contributed by atoms with Crippen molar-refractivity contribution in [1.82, 2.24) is 0 Å². The molecule has 4 N–H and O–H groups in total. The number of carbonyl (C=O) groups is 1. The molecule has 1 aromatic carbocycles. The highest BCUT2D eigenvalue weighted by atomic mass is 35.5. The van der Waals surface area contributed by atoms with E-state index < -0.39 is 18.1 Å². The zero-order valence-electron chi connectivity index (χ0n) is 14.9. The largest absolute Gasteiger partial charge is 0.493 e. The van der Waals surface area contributed by atoms with Crippen LogP contribution >= 0.6 is 12.4 Å². The number of halogens is 1. The van der Waals surface area contributed by atoms with Crippen molar-refractivity contribution in [2.24, 2.45) is 11.7 Å². The summed E-state index contributed by atoms with van der Waals surface area (Å²) in [6.07, 6.45) is 5.37. The van der Waals surface area contributed by atoms with Gasteiger partial charge in [0.25, 0.3) is 5.91 Å². The predicted octanol–water partition coefficient (Wildman–Crippen LogP) is 2.72. The number of hydrogen-bond acceptors (Lipinski definition) is 5. The molecule has 25 heavy (non-hydrogen) atoms. The van der Waals surface area contributed by atoms with Crippen molar-refractivity contribution < 1.29 is 19.4 Å². The maximum atomic E-state index is 12.3. The SMILES string of the molecule is COc1cccc(NC(=O)C(O)[C@H](N)CC2CCCCC2)c1OC.Cl. The zero-order chi connectivity index (χ0) is 17.5. The van der Waals surface area contributed by atoms with E-state index >= 15 is 0 Å². The van der Waals surface area contributed by atoms with Gasteiger partial charge in [0.2, 0.25) is 0 Å². The topological polar surface area (TPSA) is 93.8 Å². The Morgan fingerprint density at radius 1 is 1.28 bits per heavy atom. The van der Waals surface area contributed by atoms with Crippen molar-refractivity contribution in [2.75, 3.05) is 19.5 Å². The lowest BCUT2D eigenvalue weighted by atomic mass is 9.84. The number of anilines is 1. The Bertz CT molecular complexity index is 550. The van der Waals surface area contributed by atoms with Crippen molar-refractivity contribution >= 4 is 24.0 Å².